The molecule has 0 saturated heterocycles. The molecule has 0 amide bonds. The highest BCUT2D eigenvalue weighted by Crippen LogP contribution is 2.48. The Labute approximate surface area is 827 Å². The van der Waals surface area contributed by atoms with Gasteiger partial charge in [0.2, 0.25) is 0 Å². The standard InChI is InChI=1S/2C50H35N.C38H37N/c1-4-13-36(14-5-1)39-23-28-44(29-24-39)51(45-30-25-40(26-31-45)37-15-6-2-7-16-37)46-20-12-19-42(34-46)50-35-43-33-41(38-17-8-3-9-18-38)27-32-47(43)48-21-10-11-22-49(48)50;1-3-13-36(14-4-1)38-25-29-44(30-26-38)51(45-31-27-39(28-32-45)41-19-11-18-40(33-41)37-15-5-2-6-16-37)46-21-12-20-42(34-46)50-35-43-17-7-8-22-47(43)48-23-9-10-24-49(48)50;1-37(2,3)28-14-19-30(20-15-28)39(31-21-16-29(17-22-31)38(4,5)6)32-18-11-27-13-23-34-33-10-8-7-9-26(33)12-24-35(34)36(27)25-32/h2*1-35H;7-25H,1-6H3. The van der Waals surface area contributed by atoms with Crippen molar-refractivity contribution in [1.82, 2.24) is 0 Å². The van der Waals surface area contributed by atoms with Crippen LogP contribution in [0.15, 0.2) is 540 Å². The first kappa shape index (κ1) is 88.8. The first-order valence-corrected chi connectivity index (χ1v) is 49.0. The van der Waals surface area contributed by atoms with Gasteiger partial charge in [0.05, 0.1) is 0 Å². The summed E-state index contributed by atoms with van der Waals surface area (Å²) in [6.07, 6.45) is 0. The first-order chi connectivity index (χ1) is 69.2. The molecule has 674 valence electrons. The lowest BCUT2D eigenvalue weighted by atomic mass is 9.86. The smallest absolute Gasteiger partial charge is 0.0468 e. The van der Waals surface area contributed by atoms with Gasteiger partial charge in [-0.15, -0.1) is 0 Å². The van der Waals surface area contributed by atoms with Crippen molar-refractivity contribution in [3.05, 3.63) is 551 Å². The third kappa shape index (κ3) is 18.7. The molecular formula is C138H107N3. The lowest BCUT2D eigenvalue weighted by Crippen LogP contribution is -2.14. The molecule has 3 nitrogen and oxygen atoms in total. The lowest BCUT2D eigenvalue weighted by molar-refractivity contribution is 0.590. The summed E-state index contributed by atoms with van der Waals surface area (Å²) >= 11 is 0. The van der Waals surface area contributed by atoms with Crippen LogP contribution in [0.25, 0.3) is 164 Å². The van der Waals surface area contributed by atoms with Gasteiger partial charge >= 0.3 is 0 Å². The molecule has 0 aromatic heterocycles. The van der Waals surface area contributed by atoms with Crippen LogP contribution in [-0.2, 0) is 10.8 Å². The third-order valence-electron chi connectivity index (χ3n) is 27.7. The third-order valence-corrected chi connectivity index (χ3v) is 27.7. The molecular weight excluding hydrogens is 1700 g/mol. The van der Waals surface area contributed by atoms with Crippen LogP contribution in [0.3, 0.4) is 0 Å². The summed E-state index contributed by atoms with van der Waals surface area (Å²) in [7, 11) is 0. The van der Waals surface area contributed by atoms with Gasteiger partial charge in [-0.3, -0.25) is 0 Å². The molecule has 141 heavy (non-hydrogen) atoms. The highest BCUT2D eigenvalue weighted by atomic mass is 15.2. The van der Waals surface area contributed by atoms with Crippen molar-refractivity contribution >= 4 is 127 Å². The normalized spacial score (nSPS) is 11.5. The van der Waals surface area contributed by atoms with Gasteiger partial charge in [-0.05, 0) is 320 Å². The predicted molar refractivity (Wildman–Crippen MR) is 607 cm³/mol. The molecule has 0 atom stereocenters. The quantitative estimate of drug-likeness (QED) is 0.0842. The van der Waals surface area contributed by atoms with Gasteiger partial charge in [-0.1, -0.05) is 448 Å². The minimum atomic E-state index is 0.113. The molecule has 0 bridgehead atoms. The predicted octanol–water partition coefficient (Wildman–Crippen LogP) is 39.5. The summed E-state index contributed by atoms with van der Waals surface area (Å²) in [4.78, 5) is 7.12. The number of fused-ring (bicyclic) bond motifs is 11. The SMILES string of the molecule is CC(C)(C)c1ccc(N(c2ccc(C(C)(C)C)cc2)c2ccc3ccc4c5ccccc5ccc4c3c2)cc1.c1ccc(-c2ccc(N(c3ccc(-c4cccc(-c5ccccc5)c4)cc3)c3cccc(-c4cc5ccccc5c5ccccc45)c3)cc2)cc1.c1ccc(-c2ccc(N(c3ccc(-c4ccccc4)cc3)c3cccc(-c4cc5cc(-c6ccccc6)ccc5c5ccccc45)c3)cc2)cc1. The second-order valence-electron chi connectivity index (χ2n) is 38.7. The Morgan fingerprint density at radius 3 is 0.752 bits per heavy atom. The Kier molecular flexibility index (Phi) is 24.5. The molecule has 0 unspecified atom stereocenters. The molecule has 0 aliphatic rings. The van der Waals surface area contributed by atoms with Gasteiger partial charge in [0, 0.05) is 51.2 Å². The van der Waals surface area contributed by atoms with E-state index in [1.807, 2.05) is 0 Å². The summed E-state index contributed by atoms with van der Waals surface area (Å²) in [5.74, 6) is 0. The van der Waals surface area contributed by atoms with Crippen LogP contribution in [0.1, 0.15) is 52.7 Å². The van der Waals surface area contributed by atoms with Crippen molar-refractivity contribution in [3.8, 4) is 89.0 Å². The van der Waals surface area contributed by atoms with Crippen LogP contribution in [-0.4, -0.2) is 0 Å². The number of hydrogen-bond acceptors (Lipinski definition) is 3. The minimum absolute atomic E-state index is 0.113. The zero-order chi connectivity index (χ0) is 95.3. The number of nitrogens with zero attached hydrogens (tertiary/aromatic N) is 3. The second kappa shape index (κ2) is 38.9. The van der Waals surface area contributed by atoms with Gasteiger partial charge in [0.25, 0.3) is 0 Å². The zero-order valence-corrected chi connectivity index (χ0v) is 80.2. The summed E-state index contributed by atoms with van der Waals surface area (Å²) in [6, 6.07) is 196. The Balaban J connectivity index is 0.000000123. The molecule has 0 N–H and O–H groups in total. The minimum Gasteiger partial charge on any atom is -0.310 e. The maximum atomic E-state index is 2.39. The maximum Gasteiger partial charge on any atom is 0.0468 e. The van der Waals surface area contributed by atoms with Crippen LogP contribution in [0.2, 0.25) is 0 Å². The second-order valence-corrected chi connectivity index (χ2v) is 38.7. The monoisotopic (exact) mass is 1810 g/mol. The van der Waals surface area contributed by atoms with E-state index in [9.17, 15) is 0 Å². The summed E-state index contributed by atoms with van der Waals surface area (Å²) < 4.78 is 0. The Morgan fingerprint density at radius 1 is 0.121 bits per heavy atom. The van der Waals surface area contributed by atoms with E-state index in [-0.39, 0.29) is 10.8 Å². The Bertz CT molecular complexity index is 8450. The van der Waals surface area contributed by atoms with E-state index < -0.39 is 0 Å². The summed E-state index contributed by atoms with van der Waals surface area (Å²) in [5.41, 5.74) is 32.4. The molecule has 3 heteroatoms. The van der Waals surface area contributed by atoms with Crippen molar-refractivity contribution in [3.63, 3.8) is 0 Å². The van der Waals surface area contributed by atoms with Crippen LogP contribution < -0.4 is 14.7 Å². The fraction of sp³-hybridized carbons (Fsp3) is 0.0580. The molecule has 0 fully saturated rings. The molecule has 24 aromatic carbocycles. The summed E-state index contributed by atoms with van der Waals surface area (Å²) in [5, 5.41) is 17.8. The fourth-order valence-electron chi connectivity index (χ4n) is 20.2. The van der Waals surface area contributed by atoms with Crippen LogP contribution in [0.5, 0.6) is 0 Å². The largest absolute Gasteiger partial charge is 0.310 e. The van der Waals surface area contributed by atoms with E-state index in [1.54, 1.807) is 0 Å². The van der Waals surface area contributed by atoms with E-state index in [1.165, 1.54) is 176 Å². The van der Waals surface area contributed by atoms with Crippen molar-refractivity contribution in [2.45, 2.75) is 52.4 Å². The van der Waals surface area contributed by atoms with Crippen molar-refractivity contribution in [1.29, 1.82) is 0 Å². The topological polar surface area (TPSA) is 9.72 Å². The lowest BCUT2D eigenvalue weighted by Gasteiger charge is -2.28. The maximum absolute atomic E-state index is 2.39. The first-order valence-electron chi connectivity index (χ1n) is 49.0. The highest BCUT2D eigenvalue weighted by Gasteiger charge is 2.24. The van der Waals surface area contributed by atoms with E-state index in [0.29, 0.717) is 0 Å². The molecule has 0 aliphatic carbocycles. The highest BCUT2D eigenvalue weighted by molar-refractivity contribution is 6.19. The van der Waals surface area contributed by atoms with Crippen molar-refractivity contribution in [2.24, 2.45) is 0 Å². The fourth-order valence-corrected chi connectivity index (χ4v) is 20.2. The van der Waals surface area contributed by atoms with Crippen LogP contribution in [0, 0.1) is 0 Å². The van der Waals surface area contributed by atoms with Gasteiger partial charge < -0.3 is 14.7 Å². The Morgan fingerprint density at radius 2 is 0.355 bits per heavy atom. The zero-order valence-electron chi connectivity index (χ0n) is 80.2. The molecule has 0 spiro atoms. The van der Waals surface area contributed by atoms with Gasteiger partial charge in [0.1, 0.15) is 0 Å². The molecule has 0 radical (unpaired) electrons. The van der Waals surface area contributed by atoms with Gasteiger partial charge in [-0.2, -0.15) is 0 Å². The van der Waals surface area contributed by atoms with Gasteiger partial charge in [-0.25, -0.2) is 0 Å². The van der Waals surface area contributed by atoms with Crippen molar-refractivity contribution in [2.75, 3.05) is 14.7 Å². The van der Waals surface area contributed by atoms with Crippen LogP contribution >= 0.6 is 0 Å². The average Bonchev–Trinajstić information content (AvgIpc) is 0.756. The number of rotatable bonds is 17. The summed E-state index contributed by atoms with van der Waals surface area (Å²) in [6.45, 7) is 13.6. The average molecular weight is 1810 g/mol. The van der Waals surface area contributed by atoms with Gasteiger partial charge in [0.15, 0.2) is 0 Å². The molecule has 24 aromatic rings. The number of benzene rings is 24. The van der Waals surface area contributed by atoms with E-state index in [4.69, 9.17) is 0 Å². The number of hydrogen-bond donors (Lipinski definition) is 0. The van der Waals surface area contributed by atoms with E-state index in [2.05, 4.69) is 596 Å². The number of anilines is 9. The Hall–Kier alpha value is -17.5. The van der Waals surface area contributed by atoms with E-state index >= 15 is 0 Å². The molecule has 0 aliphatic heterocycles. The molecule has 0 saturated carbocycles. The molecule has 0 heterocycles. The molecule has 24 rings (SSSR count). The van der Waals surface area contributed by atoms with Crippen LogP contribution in [0.4, 0.5) is 51.2 Å². The van der Waals surface area contributed by atoms with Crippen molar-refractivity contribution < 1.29 is 0 Å². The van der Waals surface area contributed by atoms with E-state index in [0.717, 1.165) is 51.2 Å².